The van der Waals surface area contributed by atoms with Crippen molar-refractivity contribution in [2.75, 3.05) is 11.3 Å². The Kier molecular flexibility index (Phi) is 6.95. The van der Waals surface area contributed by atoms with E-state index in [0.717, 1.165) is 11.1 Å². The molecule has 0 fully saturated rings. The second-order valence-corrected chi connectivity index (χ2v) is 9.20. The van der Waals surface area contributed by atoms with Gasteiger partial charge < -0.3 is 11.1 Å². The molecule has 4 N–H and O–H groups in total. The fourth-order valence-electron chi connectivity index (χ4n) is 3.23. The Morgan fingerprint density at radius 3 is 2.41 bits per heavy atom. The minimum Gasteiger partial charge on any atom is -0.366 e. The Labute approximate surface area is 187 Å². The molecule has 0 atom stereocenters. The van der Waals surface area contributed by atoms with Gasteiger partial charge in [-0.3, -0.25) is 14.3 Å². The van der Waals surface area contributed by atoms with Gasteiger partial charge in [0.25, 0.3) is 15.9 Å². The van der Waals surface area contributed by atoms with Crippen molar-refractivity contribution in [3.8, 4) is 0 Å². The normalized spacial score (nSPS) is 11.1. The van der Waals surface area contributed by atoms with Gasteiger partial charge >= 0.3 is 0 Å². The number of amides is 2. The highest BCUT2D eigenvalue weighted by atomic mass is 32.2. The van der Waals surface area contributed by atoms with Gasteiger partial charge in [-0.2, -0.15) is 0 Å². The number of sulfonamides is 1. The van der Waals surface area contributed by atoms with Gasteiger partial charge in [-0.05, 0) is 73.4 Å². The lowest BCUT2D eigenvalue weighted by Gasteiger charge is -2.12. The van der Waals surface area contributed by atoms with Crippen LogP contribution < -0.4 is 15.8 Å². The van der Waals surface area contributed by atoms with Crippen molar-refractivity contribution in [1.29, 1.82) is 0 Å². The summed E-state index contributed by atoms with van der Waals surface area (Å²) in [6.45, 7) is 3.94. The summed E-state index contributed by atoms with van der Waals surface area (Å²) in [6.07, 6.45) is 0.499. The number of nitrogens with two attached hydrogens (primary N) is 1. The fourth-order valence-corrected chi connectivity index (χ4v) is 4.31. The first kappa shape index (κ1) is 23.0. The number of hydrogen-bond acceptors (Lipinski definition) is 4. The summed E-state index contributed by atoms with van der Waals surface area (Å²) in [6, 6.07) is 18.4. The van der Waals surface area contributed by atoms with Crippen LogP contribution >= 0.6 is 0 Å². The number of hydrogen-bond donors (Lipinski definition) is 3. The summed E-state index contributed by atoms with van der Waals surface area (Å²) in [7, 11) is -3.85. The zero-order valence-electron chi connectivity index (χ0n) is 17.9. The van der Waals surface area contributed by atoms with Gasteiger partial charge in [-0.1, -0.05) is 30.3 Å². The molecule has 3 aromatic carbocycles. The van der Waals surface area contributed by atoms with E-state index in [4.69, 9.17) is 5.73 Å². The molecule has 8 heteroatoms. The molecule has 0 saturated heterocycles. The summed E-state index contributed by atoms with van der Waals surface area (Å²) in [5.41, 5.74) is 8.88. The highest BCUT2D eigenvalue weighted by Gasteiger charge is 2.18. The molecule has 3 rings (SSSR count). The molecule has 0 aliphatic heterocycles. The molecule has 0 bridgehead atoms. The molecule has 2 amide bonds. The summed E-state index contributed by atoms with van der Waals surface area (Å²) < 4.78 is 28.2. The summed E-state index contributed by atoms with van der Waals surface area (Å²) in [5, 5.41) is 2.80. The van der Waals surface area contributed by atoms with Crippen LogP contribution in [0.15, 0.2) is 71.6 Å². The van der Waals surface area contributed by atoms with Gasteiger partial charge in [-0.15, -0.1) is 0 Å². The molecule has 3 aromatic rings. The van der Waals surface area contributed by atoms with Crippen molar-refractivity contribution < 1.29 is 18.0 Å². The molecule has 0 spiro atoms. The first-order valence-corrected chi connectivity index (χ1v) is 11.5. The van der Waals surface area contributed by atoms with Crippen molar-refractivity contribution in [2.45, 2.75) is 25.2 Å². The van der Waals surface area contributed by atoms with Gasteiger partial charge in [0, 0.05) is 23.4 Å². The summed E-state index contributed by atoms with van der Waals surface area (Å²) in [4.78, 5) is 24.0. The van der Waals surface area contributed by atoms with Gasteiger partial charge in [0.2, 0.25) is 5.91 Å². The fraction of sp³-hybridized carbons (Fsp3) is 0.167. The smallest absolute Gasteiger partial charge is 0.261 e. The molecule has 166 valence electrons. The van der Waals surface area contributed by atoms with E-state index in [-0.39, 0.29) is 16.4 Å². The molecular formula is C24H25N3O4S. The van der Waals surface area contributed by atoms with E-state index in [2.05, 4.69) is 10.0 Å². The van der Waals surface area contributed by atoms with Crippen molar-refractivity contribution in [3.05, 3.63) is 94.5 Å². The van der Waals surface area contributed by atoms with Crippen LogP contribution in [0.3, 0.4) is 0 Å². The number of benzene rings is 3. The lowest BCUT2D eigenvalue weighted by atomic mass is 10.1. The number of rotatable bonds is 8. The van der Waals surface area contributed by atoms with Gasteiger partial charge in [0.1, 0.15) is 0 Å². The average Bonchev–Trinajstić information content (AvgIpc) is 2.73. The van der Waals surface area contributed by atoms with Crippen molar-refractivity contribution >= 4 is 27.5 Å². The number of aryl methyl sites for hydroxylation is 2. The molecule has 0 aliphatic rings. The Bertz CT molecular complexity index is 1270. The quantitative estimate of drug-likeness (QED) is 0.487. The first-order chi connectivity index (χ1) is 15.2. The molecule has 0 saturated carbocycles. The maximum absolute atomic E-state index is 12.8. The third kappa shape index (κ3) is 5.73. The van der Waals surface area contributed by atoms with E-state index in [1.54, 1.807) is 49.4 Å². The van der Waals surface area contributed by atoms with Crippen LogP contribution in [-0.2, 0) is 16.4 Å². The maximum atomic E-state index is 12.8. The van der Waals surface area contributed by atoms with Crippen molar-refractivity contribution in [3.63, 3.8) is 0 Å². The SMILES string of the molecule is Cc1cccc(NS(=O)(=O)c2ccc(C)c(C(=O)NCCc3cccc(C(N)=O)c3)c2)c1. The van der Waals surface area contributed by atoms with Crippen LogP contribution in [0.1, 0.15) is 37.4 Å². The lowest BCUT2D eigenvalue weighted by molar-refractivity contribution is 0.0951. The van der Waals surface area contributed by atoms with Crippen LogP contribution in [0.2, 0.25) is 0 Å². The van der Waals surface area contributed by atoms with E-state index < -0.39 is 15.9 Å². The van der Waals surface area contributed by atoms with Crippen LogP contribution in [-0.4, -0.2) is 26.8 Å². The van der Waals surface area contributed by atoms with Gasteiger partial charge in [0.05, 0.1) is 4.90 Å². The predicted molar refractivity (Wildman–Crippen MR) is 124 cm³/mol. The Hall–Kier alpha value is -3.65. The monoisotopic (exact) mass is 451 g/mol. The zero-order valence-corrected chi connectivity index (χ0v) is 18.7. The Morgan fingerprint density at radius 2 is 1.69 bits per heavy atom. The van der Waals surface area contributed by atoms with Crippen LogP contribution in [0.25, 0.3) is 0 Å². The van der Waals surface area contributed by atoms with E-state index in [9.17, 15) is 18.0 Å². The van der Waals surface area contributed by atoms with E-state index >= 15 is 0 Å². The number of anilines is 1. The third-order valence-corrected chi connectivity index (χ3v) is 6.32. The van der Waals surface area contributed by atoms with Crippen molar-refractivity contribution in [1.82, 2.24) is 5.32 Å². The Balaban J connectivity index is 1.71. The standard InChI is InChI=1S/C24H25N3O4S/c1-16-5-3-8-20(13-16)27-32(30,31)21-10-9-17(2)22(15-21)24(29)26-12-11-18-6-4-7-19(14-18)23(25)28/h3-10,13-15,27H,11-12H2,1-2H3,(H2,25,28)(H,26,29). The molecule has 0 radical (unpaired) electrons. The van der Waals surface area contributed by atoms with Crippen LogP contribution in [0, 0.1) is 13.8 Å². The minimum atomic E-state index is -3.85. The second kappa shape index (κ2) is 9.65. The molecule has 32 heavy (non-hydrogen) atoms. The highest BCUT2D eigenvalue weighted by Crippen LogP contribution is 2.20. The number of primary amides is 1. The summed E-state index contributed by atoms with van der Waals surface area (Å²) >= 11 is 0. The molecule has 0 heterocycles. The minimum absolute atomic E-state index is 0.00363. The molecular weight excluding hydrogens is 426 g/mol. The van der Waals surface area contributed by atoms with Gasteiger partial charge in [0.15, 0.2) is 0 Å². The number of nitrogens with one attached hydrogen (secondary N) is 2. The molecule has 0 aliphatic carbocycles. The van der Waals surface area contributed by atoms with Gasteiger partial charge in [-0.25, -0.2) is 8.42 Å². The second-order valence-electron chi connectivity index (χ2n) is 7.52. The zero-order chi connectivity index (χ0) is 23.3. The predicted octanol–water partition coefficient (Wildman–Crippen LogP) is 3.18. The number of carbonyl (C=O) groups is 2. The molecule has 0 unspecified atom stereocenters. The van der Waals surface area contributed by atoms with E-state index in [1.165, 1.54) is 12.1 Å². The first-order valence-electron chi connectivity index (χ1n) is 10.0. The third-order valence-electron chi connectivity index (χ3n) is 4.94. The topological polar surface area (TPSA) is 118 Å². The maximum Gasteiger partial charge on any atom is 0.261 e. The molecule has 0 aromatic heterocycles. The van der Waals surface area contributed by atoms with Crippen LogP contribution in [0.5, 0.6) is 0 Å². The Morgan fingerprint density at radius 1 is 0.938 bits per heavy atom. The molecule has 7 nitrogen and oxygen atoms in total. The highest BCUT2D eigenvalue weighted by molar-refractivity contribution is 7.92. The summed E-state index contributed by atoms with van der Waals surface area (Å²) in [5.74, 6) is -0.884. The average molecular weight is 452 g/mol. The number of carbonyl (C=O) groups excluding carboxylic acids is 2. The van der Waals surface area contributed by atoms with E-state index in [1.807, 2.05) is 19.1 Å². The lowest BCUT2D eigenvalue weighted by Crippen LogP contribution is -2.27. The largest absolute Gasteiger partial charge is 0.366 e. The van der Waals surface area contributed by atoms with Crippen molar-refractivity contribution in [2.24, 2.45) is 5.73 Å². The van der Waals surface area contributed by atoms with Crippen LogP contribution in [0.4, 0.5) is 5.69 Å². The van der Waals surface area contributed by atoms with E-state index in [0.29, 0.717) is 29.8 Å².